The molecule has 0 amide bonds. The molecule has 39 heavy (non-hydrogen) atoms. The van der Waals surface area contributed by atoms with Gasteiger partial charge in [0.2, 0.25) is 0 Å². The zero-order valence-electron chi connectivity index (χ0n) is 22.9. The van der Waals surface area contributed by atoms with Gasteiger partial charge in [-0.15, -0.1) is 0 Å². The molecule has 1 aliphatic heterocycles. The van der Waals surface area contributed by atoms with Gasteiger partial charge in [-0.2, -0.15) is 11.3 Å². The summed E-state index contributed by atoms with van der Waals surface area (Å²) in [5.74, 6) is 2.51. The Bertz CT molecular complexity index is 1760. The molecule has 0 saturated carbocycles. The standard InChI is InChI=1S/C31H31NO6S/c1-16(2)36-25-11-18-7-9-32-29(20(18)12-23(25)34-5)27(19-8-10-39-15-19)28-21-13-24(35-6)26(37-17(3)4)14-22(21)38-31(33)30(28)32/h8,10-17H,7,9H2,1-6H3. The van der Waals surface area contributed by atoms with E-state index >= 15 is 0 Å². The fraction of sp³-hybridized carbons (Fsp3) is 0.323. The van der Waals surface area contributed by atoms with Gasteiger partial charge in [-0.25, -0.2) is 4.79 Å². The largest absolute Gasteiger partial charge is 0.493 e. The van der Waals surface area contributed by atoms with Crippen LogP contribution >= 0.6 is 11.3 Å². The van der Waals surface area contributed by atoms with Crippen LogP contribution in [0.2, 0.25) is 0 Å². The number of methoxy groups -OCH3 is 2. The molecule has 4 heterocycles. The normalized spacial score (nSPS) is 12.7. The summed E-state index contributed by atoms with van der Waals surface area (Å²) in [7, 11) is 3.27. The number of aromatic nitrogens is 1. The van der Waals surface area contributed by atoms with E-state index < -0.39 is 0 Å². The fourth-order valence-electron chi connectivity index (χ4n) is 5.53. The van der Waals surface area contributed by atoms with E-state index in [0.29, 0.717) is 34.9 Å². The lowest BCUT2D eigenvalue weighted by Crippen LogP contribution is -2.15. The average molecular weight is 546 g/mol. The molecule has 0 saturated heterocycles. The van der Waals surface area contributed by atoms with Crippen LogP contribution in [0.3, 0.4) is 0 Å². The summed E-state index contributed by atoms with van der Waals surface area (Å²) in [6, 6.07) is 9.88. The molecule has 0 bridgehead atoms. The van der Waals surface area contributed by atoms with E-state index in [0.717, 1.165) is 50.9 Å². The maximum Gasteiger partial charge on any atom is 0.361 e. The van der Waals surface area contributed by atoms with Gasteiger partial charge in [-0.3, -0.25) is 0 Å². The van der Waals surface area contributed by atoms with Gasteiger partial charge in [-0.05, 0) is 80.3 Å². The molecular weight excluding hydrogens is 514 g/mol. The van der Waals surface area contributed by atoms with Crippen molar-refractivity contribution in [2.75, 3.05) is 14.2 Å². The molecular formula is C31H31NO6S. The molecule has 6 rings (SSSR count). The maximum atomic E-state index is 13.6. The van der Waals surface area contributed by atoms with Crippen molar-refractivity contribution in [3.63, 3.8) is 0 Å². The molecule has 202 valence electrons. The Balaban J connectivity index is 1.73. The van der Waals surface area contributed by atoms with Gasteiger partial charge >= 0.3 is 5.63 Å². The number of rotatable bonds is 7. The number of nitrogens with zero attached hydrogens (tertiary/aromatic N) is 1. The average Bonchev–Trinajstić information content (AvgIpc) is 3.54. The van der Waals surface area contributed by atoms with E-state index in [2.05, 4.69) is 27.5 Å². The zero-order valence-corrected chi connectivity index (χ0v) is 23.7. The van der Waals surface area contributed by atoms with Gasteiger partial charge in [0.25, 0.3) is 0 Å². The Morgan fingerprint density at radius 3 is 2.26 bits per heavy atom. The van der Waals surface area contributed by atoms with Gasteiger partial charge in [0, 0.05) is 34.5 Å². The summed E-state index contributed by atoms with van der Waals surface area (Å²) >= 11 is 1.62. The first kappa shape index (κ1) is 25.4. The third kappa shape index (κ3) is 4.14. The highest BCUT2D eigenvalue weighted by atomic mass is 32.1. The molecule has 0 radical (unpaired) electrons. The SMILES string of the molecule is COc1cc2c(cc1OC(C)C)CCn1c-2c(-c2ccsc2)c2c3cc(OC)c(OC(C)C)cc3oc(=O)c21. The monoisotopic (exact) mass is 545 g/mol. The summed E-state index contributed by atoms with van der Waals surface area (Å²) in [6.45, 7) is 8.54. The molecule has 0 aliphatic carbocycles. The Kier molecular flexibility index (Phi) is 6.30. The molecule has 8 heteroatoms. The minimum absolute atomic E-state index is 0.0175. The van der Waals surface area contributed by atoms with E-state index in [1.165, 1.54) is 0 Å². The number of fused-ring (bicyclic) bond motifs is 7. The van der Waals surface area contributed by atoms with Crippen LogP contribution in [0, 0.1) is 0 Å². The fourth-order valence-corrected chi connectivity index (χ4v) is 6.17. The van der Waals surface area contributed by atoms with Crippen molar-refractivity contribution >= 4 is 33.2 Å². The molecule has 5 aromatic rings. The first-order chi connectivity index (χ1) is 18.8. The lowest BCUT2D eigenvalue weighted by Gasteiger charge is -2.24. The molecule has 7 nitrogen and oxygen atoms in total. The van der Waals surface area contributed by atoms with Crippen molar-refractivity contribution in [3.8, 4) is 45.4 Å². The molecule has 2 aromatic carbocycles. The van der Waals surface area contributed by atoms with Crippen LogP contribution in [0.4, 0.5) is 0 Å². The lowest BCUT2D eigenvalue weighted by molar-refractivity contribution is 0.230. The number of aryl methyl sites for hydroxylation is 2. The van der Waals surface area contributed by atoms with Crippen molar-refractivity contribution in [1.82, 2.24) is 4.57 Å². The summed E-state index contributed by atoms with van der Waals surface area (Å²) in [5.41, 5.74) is 5.80. The van der Waals surface area contributed by atoms with Crippen molar-refractivity contribution < 1.29 is 23.4 Å². The van der Waals surface area contributed by atoms with Crippen LogP contribution in [0.25, 0.3) is 44.3 Å². The van der Waals surface area contributed by atoms with Crippen LogP contribution < -0.4 is 24.6 Å². The minimum atomic E-state index is -0.379. The predicted octanol–water partition coefficient (Wildman–Crippen LogP) is 7.29. The van der Waals surface area contributed by atoms with Crippen molar-refractivity contribution in [1.29, 1.82) is 0 Å². The summed E-state index contributed by atoms with van der Waals surface area (Å²) < 4.78 is 31.6. The third-order valence-electron chi connectivity index (χ3n) is 6.98. The molecule has 0 atom stereocenters. The number of hydrogen-bond donors (Lipinski definition) is 0. The third-order valence-corrected chi connectivity index (χ3v) is 7.66. The second-order valence-electron chi connectivity index (χ2n) is 10.2. The van der Waals surface area contributed by atoms with Crippen molar-refractivity contribution in [2.45, 2.75) is 52.9 Å². The Morgan fingerprint density at radius 1 is 0.923 bits per heavy atom. The highest BCUT2D eigenvalue weighted by molar-refractivity contribution is 7.08. The first-order valence-electron chi connectivity index (χ1n) is 13.1. The van der Waals surface area contributed by atoms with E-state index in [9.17, 15) is 4.79 Å². The molecule has 0 unspecified atom stereocenters. The van der Waals surface area contributed by atoms with Gasteiger partial charge in [0.05, 0.1) is 32.1 Å². The Morgan fingerprint density at radius 2 is 1.62 bits per heavy atom. The Hall–Kier alpha value is -3.91. The smallest absolute Gasteiger partial charge is 0.361 e. The lowest BCUT2D eigenvalue weighted by atomic mass is 9.92. The number of benzene rings is 2. The molecule has 0 N–H and O–H groups in total. The number of thiophene rings is 1. The van der Waals surface area contributed by atoms with Crippen LogP contribution in [-0.2, 0) is 13.0 Å². The maximum absolute atomic E-state index is 13.6. The first-order valence-corrected chi connectivity index (χ1v) is 14.0. The molecule has 3 aromatic heterocycles. The van der Waals surface area contributed by atoms with E-state index in [4.69, 9.17) is 23.4 Å². The van der Waals surface area contributed by atoms with E-state index in [1.807, 2.05) is 39.8 Å². The quantitative estimate of drug-likeness (QED) is 0.200. The van der Waals surface area contributed by atoms with Crippen LogP contribution in [0.5, 0.6) is 23.0 Å². The summed E-state index contributed by atoms with van der Waals surface area (Å²) in [6.07, 6.45) is 0.699. The zero-order chi connectivity index (χ0) is 27.4. The van der Waals surface area contributed by atoms with E-state index in [1.54, 1.807) is 31.6 Å². The topological polar surface area (TPSA) is 72.1 Å². The van der Waals surface area contributed by atoms with Gasteiger partial charge in [0.1, 0.15) is 11.1 Å². The van der Waals surface area contributed by atoms with E-state index in [-0.39, 0.29) is 17.8 Å². The predicted molar refractivity (Wildman–Crippen MR) is 155 cm³/mol. The minimum Gasteiger partial charge on any atom is -0.493 e. The highest BCUT2D eigenvalue weighted by Crippen LogP contribution is 2.49. The van der Waals surface area contributed by atoms with Crippen LogP contribution in [0.15, 0.2) is 50.3 Å². The summed E-state index contributed by atoms with van der Waals surface area (Å²) in [4.78, 5) is 13.6. The molecule has 1 aliphatic rings. The Labute approximate surface area is 230 Å². The summed E-state index contributed by atoms with van der Waals surface area (Å²) in [5, 5.41) is 5.82. The highest BCUT2D eigenvalue weighted by Gasteiger charge is 2.31. The number of ether oxygens (including phenoxy) is 4. The van der Waals surface area contributed by atoms with Crippen molar-refractivity contribution in [3.05, 3.63) is 57.1 Å². The second-order valence-corrected chi connectivity index (χ2v) is 11.0. The van der Waals surface area contributed by atoms with Gasteiger partial charge in [-0.1, -0.05) is 0 Å². The van der Waals surface area contributed by atoms with Crippen molar-refractivity contribution in [2.24, 2.45) is 0 Å². The second kappa shape index (κ2) is 9.68. The van der Waals surface area contributed by atoms with Gasteiger partial charge < -0.3 is 27.9 Å². The van der Waals surface area contributed by atoms with Crippen LogP contribution in [-0.4, -0.2) is 31.0 Å². The molecule has 0 fully saturated rings. The van der Waals surface area contributed by atoms with Gasteiger partial charge in [0.15, 0.2) is 23.0 Å². The van der Waals surface area contributed by atoms with Crippen LogP contribution in [0.1, 0.15) is 33.3 Å². The molecule has 0 spiro atoms. The number of hydrogen-bond acceptors (Lipinski definition) is 7.